The summed E-state index contributed by atoms with van der Waals surface area (Å²) in [4.78, 5) is 28.0. The highest BCUT2D eigenvalue weighted by atomic mass is 35.5. The highest BCUT2D eigenvalue weighted by Gasteiger charge is 2.34. The number of furan rings is 1. The number of sulfonamides is 1. The van der Waals surface area contributed by atoms with E-state index >= 15 is 0 Å². The number of anilines is 1. The zero-order chi connectivity index (χ0) is 34.5. The van der Waals surface area contributed by atoms with Crippen LogP contribution in [0.15, 0.2) is 110 Å². The number of ether oxygens (including phenoxy) is 1. The van der Waals surface area contributed by atoms with Crippen LogP contribution in [0.4, 0.5) is 5.69 Å². The largest absolute Gasteiger partial charge is 0.483 e. The van der Waals surface area contributed by atoms with E-state index in [-0.39, 0.29) is 29.4 Å². The monoisotopic (exact) mass is 705 g/mol. The van der Waals surface area contributed by atoms with Gasteiger partial charge in [-0.1, -0.05) is 56.6 Å². The fraction of sp³-hybridized carbons (Fsp3) is 0.176. The van der Waals surface area contributed by atoms with Crippen LogP contribution in [0.25, 0.3) is 6.08 Å². The predicted molar refractivity (Wildman–Crippen MR) is 188 cm³/mol. The SMILES string of the molecule is CC(C)(C)c1ccc(/C=N\N=C2\S/C(=C\c3cc(Cl)ccc3OCC(=O)Nc3ccc(S(N)(=O)=O)cc3)C(=O)N2Cc2ccco2)cc1. The highest BCUT2D eigenvalue weighted by Crippen LogP contribution is 2.36. The van der Waals surface area contributed by atoms with Crippen molar-refractivity contribution in [3.05, 3.63) is 118 Å². The van der Waals surface area contributed by atoms with Crippen LogP contribution in [0.1, 0.15) is 43.2 Å². The van der Waals surface area contributed by atoms with E-state index in [1.54, 1.807) is 42.6 Å². The maximum Gasteiger partial charge on any atom is 0.267 e. The van der Waals surface area contributed by atoms with Crippen molar-refractivity contribution in [2.45, 2.75) is 37.6 Å². The topological polar surface area (TPSA) is 157 Å². The Bertz CT molecular complexity index is 2000. The summed E-state index contributed by atoms with van der Waals surface area (Å²) in [5, 5.41) is 17.1. The fourth-order valence-electron chi connectivity index (χ4n) is 4.47. The highest BCUT2D eigenvalue weighted by molar-refractivity contribution is 8.18. The van der Waals surface area contributed by atoms with Crippen molar-refractivity contribution in [1.29, 1.82) is 0 Å². The van der Waals surface area contributed by atoms with Crippen molar-refractivity contribution in [2.75, 3.05) is 11.9 Å². The number of carbonyl (C=O) groups is 2. The molecule has 2 amide bonds. The number of carbonyl (C=O) groups excluding carboxylic acids is 2. The third-order valence-corrected chi connectivity index (χ3v) is 9.15. The number of amidine groups is 1. The number of amides is 2. The van der Waals surface area contributed by atoms with Crippen molar-refractivity contribution in [3.63, 3.8) is 0 Å². The predicted octanol–water partition coefficient (Wildman–Crippen LogP) is 6.40. The minimum Gasteiger partial charge on any atom is -0.483 e. The maximum atomic E-state index is 13.6. The first kappa shape index (κ1) is 34.6. The Morgan fingerprint density at radius 3 is 2.46 bits per heavy atom. The average molecular weight is 706 g/mol. The van der Waals surface area contributed by atoms with E-state index < -0.39 is 15.9 Å². The van der Waals surface area contributed by atoms with E-state index in [0.29, 0.717) is 37.9 Å². The number of benzene rings is 3. The van der Waals surface area contributed by atoms with Crippen LogP contribution in [0.2, 0.25) is 5.02 Å². The number of nitrogens with two attached hydrogens (primary N) is 1. The van der Waals surface area contributed by atoms with Gasteiger partial charge in [0.25, 0.3) is 11.8 Å². The average Bonchev–Trinajstić information content (AvgIpc) is 3.65. The third-order valence-electron chi connectivity index (χ3n) is 6.99. The minimum absolute atomic E-state index is 0.0265. The number of nitrogens with zero attached hydrogens (tertiary/aromatic N) is 3. The summed E-state index contributed by atoms with van der Waals surface area (Å²) in [5.41, 5.74) is 2.91. The number of hydrogen-bond acceptors (Lipinski definition) is 9. The summed E-state index contributed by atoms with van der Waals surface area (Å²) in [6, 6.07) is 21.8. The Labute approximate surface area is 287 Å². The van der Waals surface area contributed by atoms with Crippen LogP contribution in [0.3, 0.4) is 0 Å². The van der Waals surface area contributed by atoms with Crippen LogP contribution in [0, 0.1) is 0 Å². The van der Waals surface area contributed by atoms with Crippen LogP contribution in [0.5, 0.6) is 5.75 Å². The molecule has 4 aromatic rings. The van der Waals surface area contributed by atoms with Crippen molar-refractivity contribution in [1.82, 2.24) is 4.90 Å². The molecule has 1 fully saturated rings. The van der Waals surface area contributed by atoms with E-state index in [4.69, 9.17) is 25.9 Å². The number of nitrogens with one attached hydrogen (secondary N) is 1. The molecule has 14 heteroatoms. The molecule has 48 heavy (non-hydrogen) atoms. The molecule has 3 aromatic carbocycles. The van der Waals surface area contributed by atoms with Crippen molar-refractivity contribution in [2.24, 2.45) is 15.3 Å². The molecular weight excluding hydrogens is 674 g/mol. The Kier molecular flexibility index (Phi) is 10.5. The van der Waals surface area contributed by atoms with Gasteiger partial charge in [-0.25, -0.2) is 13.6 Å². The van der Waals surface area contributed by atoms with Crippen LogP contribution >= 0.6 is 23.4 Å². The molecule has 2 heterocycles. The molecule has 0 unspecified atom stereocenters. The molecule has 1 saturated heterocycles. The van der Waals surface area contributed by atoms with Gasteiger partial charge in [-0.2, -0.15) is 5.10 Å². The lowest BCUT2D eigenvalue weighted by atomic mass is 9.87. The molecule has 11 nitrogen and oxygen atoms in total. The number of hydrogen-bond donors (Lipinski definition) is 2. The summed E-state index contributed by atoms with van der Waals surface area (Å²) in [6.07, 6.45) is 4.77. The molecule has 0 atom stereocenters. The Morgan fingerprint density at radius 2 is 1.81 bits per heavy atom. The van der Waals surface area contributed by atoms with Gasteiger partial charge < -0.3 is 14.5 Å². The molecule has 0 spiro atoms. The number of rotatable bonds is 10. The Morgan fingerprint density at radius 1 is 1.08 bits per heavy atom. The summed E-state index contributed by atoms with van der Waals surface area (Å²) < 4.78 is 34.2. The molecule has 0 bridgehead atoms. The number of primary sulfonamides is 1. The quantitative estimate of drug-likeness (QED) is 0.110. The maximum absolute atomic E-state index is 13.6. The smallest absolute Gasteiger partial charge is 0.267 e. The lowest BCUT2D eigenvalue weighted by molar-refractivity contribution is -0.122. The molecule has 3 N–H and O–H groups in total. The molecule has 5 rings (SSSR count). The van der Waals surface area contributed by atoms with E-state index in [2.05, 4.69) is 48.4 Å². The number of halogens is 1. The van der Waals surface area contributed by atoms with Crippen molar-refractivity contribution >= 4 is 68.3 Å². The van der Waals surface area contributed by atoms with Gasteiger partial charge >= 0.3 is 0 Å². The summed E-state index contributed by atoms with van der Waals surface area (Å²) in [5.74, 6) is 0.0473. The van der Waals surface area contributed by atoms with Gasteiger partial charge in [0.1, 0.15) is 11.5 Å². The van der Waals surface area contributed by atoms with Gasteiger partial charge in [-0.15, -0.1) is 5.10 Å². The molecule has 1 aliphatic rings. The summed E-state index contributed by atoms with van der Waals surface area (Å²) >= 11 is 7.42. The van der Waals surface area contributed by atoms with Crippen molar-refractivity contribution < 1.29 is 27.2 Å². The van der Waals surface area contributed by atoms with E-state index in [9.17, 15) is 18.0 Å². The zero-order valence-electron chi connectivity index (χ0n) is 26.2. The number of thioether (sulfide) groups is 1. The molecule has 1 aliphatic heterocycles. The lowest BCUT2D eigenvalue weighted by Crippen LogP contribution is -2.28. The second-order valence-corrected chi connectivity index (χ2v) is 14.7. The van der Waals surface area contributed by atoms with Gasteiger partial charge in [0, 0.05) is 16.3 Å². The first-order valence-electron chi connectivity index (χ1n) is 14.6. The van der Waals surface area contributed by atoms with E-state index in [1.807, 2.05) is 12.1 Å². The molecule has 0 saturated carbocycles. The zero-order valence-corrected chi connectivity index (χ0v) is 28.6. The lowest BCUT2D eigenvalue weighted by Gasteiger charge is -2.18. The van der Waals surface area contributed by atoms with E-state index in [1.165, 1.54) is 41.0 Å². The first-order valence-corrected chi connectivity index (χ1v) is 17.3. The van der Waals surface area contributed by atoms with Crippen LogP contribution in [-0.4, -0.2) is 43.1 Å². The Hall–Kier alpha value is -4.69. The second-order valence-electron chi connectivity index (χ2n) is 11.7. The summed E-state index contributed by atoms with van der Waals surface area (Å²) in [7, 11) is -3.86. The van der Waals surface area contributed by atoms with Gasteiger partial charge in [0.15, 0.2) is 11.8 Å². The van der Waals surface area contributed by atoms with Gasteiger partial charge in [0.05, 0.1) is 28.8 Å². The molecule has 248 valence electrons. The van der Waals surface area contributed by atoms with E-state index in [0.717, 1.165) is 17.3 Å². The normalized spacial score (nSPS) is 15.5. The molecule has 1 aromatic heterocycles. The second kappa shape index (κ2) is 14.6. The minimum atomic E-state index is -3.86. The third kappa shape index (κ3) is 9.01. The van der Waals surface area contributed by atoms with Gasteiger partial charge in [-0.3, -0.25) is 14.5 Å². The molecule has 0 aliphatic carbocycles. The first-order chi connectivity index (χ1) is 22.8. The van der Waals surface area contributed by atoms with Gasteiger partial charge in [0.2, 0.25) is 10.0 Å². The van der Waals surface area contributed by atoms with Crippen LogP contribution in [-0.2, 0) is 31.6 Å². The molecule has 0 radical (unpaired) electrons. The Balaban J connectivity index is 1.34. The summed E-state index contributed by atoms with van der Waals surface area (Å²) in [6.45, 7) is 6.20. The van der Waals surface area contributed by atoms with Crippen LogP contribution < -0.4 is 15.2 Å². The molecular formula is C34H32ClN5O6S2. The standard InChI is InChI=1S/C34H32ClN5O6S2/c1-34(2,3)24-8-6-22(7-9-24)19-37-39-33-40(20-27-5-4-16-45-27)32(42)30(47-33)18-23-17-25(35)10-15-29(23)46-21-31(41)38-26-11-13-28(14-12-26)48(36,43)44/h4-19H,20-21H2,1-3H3,(H,38,41)(H2,36,43,44)/b30-18-,37-19-,39-33+. The fourth-order valence-corrected chi connectivity index (χ4v) is 6.09. The van der Waals surface area contributed by atoms with Gasteiger partial charge in [-0.05, 0) is 89.0 Å². The van der Waals surface area contributed by atoms with Crippen molar-refractivity contribution in [3.8, 4) is 5.75 Å².